The molecule has 0 radical (unpaired) electrons. The van der Waals surface area contributed by atoms with Crippen molar-refractivity contribution in [1.29, 1.82) is 0 Å². The summed E-state index contributed by atoms with van der Waals surface area (Å²) in [6, 6.07) is 10.1. The van der Waals surface area contributed by atoms with Gasteiger partial charge in [0.15, 0.2) is 0 Å². The molecule has 42 heavy (non-hydrogen) atoms. The number of ether oxygens (including phenoxy) is 3. The van der Waals surface area contributed by atoms with Gasteiger partial charge < -0.3 is 19.2 Å². The van der Waals surface area contributed by atoms with Gasteiger partial charge in [-0.1, -0.05) is 12.1 Å². The molecule has 2 heterocycles. The molecule has 0 spiro atoms. The van der Waals surface area contributed by atoms with E-state index in [0.29, 0.717) is 19.6 Å². The normalized spacial score (nSPS) is 17.5. The first-order chi connectivity index (χ1) is 20.1. The SMILES string of the molecule is CCO[C@H]1CCN(Cc2c(OC)cc(C)c3[nH]ccc23)C(c2ccc(C(=O)Oc3c(F)c(F)c(F)c(F)c3F)cc2)C1. The molecule has 0 bridgehead atoms. The fourth-order valence-corrected chi connectivity index (χ4v) is 5.56. The molecule has 0 aliphatic carbocycles. The molecule has 3 aromatic carbocycles. The third kappa shape index (κ3) is 5.46. The van der Waals surface area contributed by atoms with Crippen LogP contribution in [0.25, 0.3) is 10.9 Å². The maximum atomic E-state index is 14.0. The second kappa shape index (κ2) is 12.1. The molecule has 0 saturated carbocycles. The highest BCUT2D eigenvalue weighted by atomic mass is 19.2. The van der Waals surface area contributed by atoms with E-state index in [4.69, 9.17) is 9.47 Å². The fraction of sp³-hybridized carbons (Fsp3) is 0.323. The van der Waals surface area contributed by atoms with Crippen LogP contribution in [0.2, 0.25) is 0 Å². The van der Waals surface area contributed by atoms with Crippen molar-refractivity contribution >= 4 is 16.9 Å². The molecule has 222 valence electrons. The van der Waals surface area contributed by atoms with Gasteiger partial charge in [-0.25, -0.2) is 18.0 Å². The smallest absolute Gasteiger partial charge is 0.343 e. The summed E-state index contributed by atoms with van der Waals surface area (Å²) in [6.07, 6.45) is 3.40. The quantitative estimate of drug-likeness (QED) is 0.0780. The topological polar surface area (TPSA) is 63.8 Å². The zero-order valence-corrected chi connectivity index (χ0v) is 23.2. The average molecular weight is 589 g/mol. The first-order valence-electron chi connectivity index (χ1n) is 13.5. The Morgan fingerprint density at radius 3 is 2.31 bits per heavy atom. The van der Waals surface area contributed by atoms with Gasteiger partial charge in [-0.2, -0.15) is 8.78 Å². The van der Waals surface area contributed by atoms with E-state index in [-0.39, 0.29) is 17.7 Å². The molecule has 1 N–H and O–H groups in total. The van der Waals surface area contributed by atoms with Gasteiger partial charge >= 0.3 is 5.97 Å². The first-order valence-corrected chi connectivity index (χ1v) is 13.5. The molecule has 11 heteroatoms. The van der Waals surface area contributed by atoms with Crippen molar-refractivity contribution in [3.05, 3.63) is 93.9 Å². The van der Waals surface area contributed by atoms with E-state index >= 15 is 0 Å². The number of aryl methyl sites for hydroxylation is 1. The lowest BCUT2D eigenvalue weighted by molar-refractivity contribution is -0.0138. The van der Waals surface area contributed by atoms with Crippen molar-refractivity contribution in [1.82, 2.24) is 9.88 Å². The van der Waals surface area contributed by atoms with Crippen LogP contribution in [0.3, 0.4) is 0 Å². The highest BCUT2D eigenvalue weighted by Crippen LogP contribution is 2.38. The first kappa shape index (κ1) is 29.5. The van der Waals surface area contributed by atoms with Gasteiger partial charge in [0.05, 0.1) is 18.8 Å². The molecule has 1 unspecified atom stereocenters. The average Bonchev–Trinajstić information content (AvgIpc) is 3.50. The zero-order chi connectivity index (χ0) is 30.1. The van der Waals surface area contributed by atoms with Crippen LogP contribution in [0.4, 0.5) is 22.0 Å². The van der Waals surface area contributed by atoms with Crippen molar-refractivity contribution in [2.75, 3.05) is 20.3 Å². The number of rotatable bonds is 8. The summed E-state index contributed by atoms with van der Waals surface area (Å²) >= 11 is 0. The summed E-state index contributed by atoms with van der Waals surface area (Å²) in [5, 5.41) is 1.06. The Hall–Kier alpha value is -3.96. The number of nitrogens with one attached hydrogen (secondary N) is 1. The highest BCUT2D eigenvalue weighted by Gasteiger charge is 2.32. The number of likely N-dealkylation sites (tertiary alicyclic amines) is 1. The van der Waals surface area contributed by atoms with Crippen LogP contribution in [0, 0.1) is 36.0 Å². The van der Waals surface area contributed by atoms with Crippen molar-refractivity contribution in [2.45, 2.75) is 45.4 Å². The molecule has 2 atom stereocenters. The van der Waals surface area contributed by atoms with Crippen LogP contribution in [0.5, 0.6) is 11.5 Å². The van der Waals surface area contributed by atoms with Crippen LogP contribution >= 0.6 is 0 Å². The maximum Gasteiger partial charge on any atom is 0.343 e. The molecule has 4 aromatic rings. The third-order valence-electron chi connectivity index (χ3n) is 7.66. The van der Waals surface area contributed by atoms with Crippen molar-refractivity contribution in [3.8, 4) is 11.5 Å². The summed E-state index contributed by atoms with van der Waals surface area (Å²) in [7, 11) is 1.64. The van der Waals surface area contributed by atoms with Crippen LogP contribution in [0.15, 0.2) is 42.6 Å². The largest absolute Gasteiger partial charge is 0.496 e. The molecular formula is C31H29F5N2O4. The van der Waals surface area contributed by atoms with Crippen LogP contribution in [0.1, 0.15) is 52.9 Å². The molecule has 1 aliphatic rings. The lowest BCUT2D eigenvalue weighted by Crippen LogP contribution is -2.39. The predicted molar refractivity (Wildman–Crippen MR) is 145 cm³/mol. The lowest BCUT2D eigenvalue weighted by atomic mass is 9.91. The van der Waals surface area contributed by atoms with E-state index in [1.54, 1.807) is 19.2 Å². The molecular weight excluding hydrogens is 559 g/mol. The van der Waals surface area contributed by atoms with Crippen molar-refractivity contribution < 1.29 is 41.0 Å². The number of fused-ring (bicyclic) bond motifs is 1. The number of esters is 1. The number of benzene rings is 3. The molecule has 0 amide bonds. The number of hydrogen-bond acceptors (Lipinski definition) is 5. The van der Waals surface area contributed by atoms with Gasteiger partial charge in [0.2, 0.25) is 34.8 Å². The third-order valence-corrected chi connectivity index (χ3v) is 7.66. The number of aromatic nitrogens is 1. The van der Waals surface area contributed by atoms with E-state index in [9.17, 15) is 26.7 Å². The molecule has 6 nitrogen and oxygen atoms in total. The van der Waals surface area contributed by atoms with E-state index in [1.165, 1.54) is 12.1 Å². The minimum atomic E-state index is -2.34. The standard InChI is InChI=1S/C31H29F5N2O4/c1-4-41-19-10-12-38(15-21-20-9-11-37-29(20)16(2)13-23(21)40-3)22(14-19)17-5-7-18(8-6-17)31(39)42-30-27(35)25(33)24(32)26(34)28(30)36/h5-9,11,13,19,22,37H,4,10,12,14-15H2,1-3H3/t19-,22?/m0/s1. The van der Waals surface area contributed by atoms with Gasteiger partial charge in [-0.3, -0.25) is 4.90 Å². The van der Waals surface area contributed by atoms with Crippen LogP contribution in [-0.2, 0) is 11.3 Å². The van der Waals surface area contributed by atoms with Crippen molar-refractivity contribution in [3.63, 3.8) is 0 Å². The Morgan fingerprint density at radius 2 is 1.67 bits per heavy atom. The van der Waals surface area contributed by atoms with Gasteiger partial charge in [-0.15, -0.1) is 0 Å². The Morgan fingerprint density at radius 1 is 1.00 bits per heavy atom. The Kier molecular flexibility index (Phi) is 8.51. The second-order valence-electron chi connectivity index (χ2n) is 10.1. The molecule has 1 saturated heterocycles. The van der Waals surface area contributed by atoms with Crippen LogP contribution in [-0.4, -0.2) is 42.2 Å². The van der Waals surface area contributed by atoms with Gasteiger partial charge in [0, 0.05) is 48.4 Å². The van der Waals surface area contributed by atoms with Gasteiger partial charge in [0.25, 0.3) is 0 Å². The zero-order valence-electron chi connectivity index (χ0n) is 23.2. The molecule has 5 rings (SSSR count). The summed E-state index contributed by atoms with van der Waals surface area (Å²) in [5.74, 6) is -13.3. The summed E-state index contributed by atoms with van der Waals surface area (Å²) in [6.45, 7) is 5.81. The van der Waals surface area contributed by atoms with Crippen LogP contribution < -0.4 is 9.47 Å². The van der Waals surface area contributed by atoms with Gasteiger partial charge in [0.1, 0.15) is 5.75 Å². The fourth-order valence-electron chi connectivity index (χ4n) is 5.56. The summed E-state index contributed by atoms with van der Waals surface area (Å²) in [5.41, 5.74) is 3.85. The number of aromatic amines is 1. The van der Waals surface area contributed by atoms with E-state index in [1.807, 2.05) is 32.2 Å². The molecule has 1 aliphatic heterocycles. The predicted octanol–water partition coefficient (Wildman–Crippen LogP) is 7.14. The van der Waals surface area contributed by atoms with Gasteiger partial charge in [-0.05, 0) is 62.1 Å². The molecule has 1 fully saturated rings. The molecule has 1 aromatic heterocycles. The highest BCUT2D eigenvalue weighted by molar-refractivity contribution is 5.91. The number of H-pyrrole nitrogens is 1. The maximum absolute atomic E-state index is 14.0. The number of carbonyl (C=O) groups excluding carboxylic acids is 1. The number of piperidine rings is 1. The monoisotopic (exact) mass is 588 g/mol. The Balaban J connectivity index is 1.42. The Labute approximate surface area is 239 Å². The minimum absolute atomic E-state index is 0.0160. The second-order valence-corrected chi connectivity index (χ2v) is 10.1. The summed E-state index contributed by atoms with van der Waals surface area (Å²) in [4.78, 5) is 18.2. The minimum Gasteiger partial charge on any atom is -0.496 e. The summed E-state index contributed by atoms with van der Waals surface area (Å²) < 4.78 is 84.8. The lowest BCUT2D eigenvalue weighted by Gasteiger charge is -2.40. The van der Waals surface area contributed by atoms with E-state index in [2.05, 4.69) is 14.6 Å². The number of carbonyl (C=O) groups is 1. The van der Waals surface area contributed by atoms with E-state index in [0.717, 1.165) is 46.3 Å². The van der Waals surface area contributed by atoms with Crippen molar-refractivity contribution in [2.24, 2.45) is 0 Å². The van der Waals surface area contributed by atoms with E-state index < -0.39 is 40.8 Å². The number of nitrogens with zero attached hydrogens (tertiary/aromatic N) is 1. The Bertz CT molecular complexity index is 1590. The number of hydrogen-bond donors (Lipinski definition) is 1. The number of halogens is 5. The number of methoxy groups -OCH3 is 1.